The molecule has 1 aliphatic heterocycles. The zero-order valence-corrected chi connectivity index (χ0v) is 14.8. The Balaban J connectivity index is 1.85. The molecular formula is C18H18F2N4OS. The third-order valence-corrected chi connectivity index (χ3v) is 5.64. The summed E-state index contributed by atoms with van der Waals surface area (Å²) in [5.74, 6) is -0.903. The highest BCUT2D eigenvalue weighted by Gasteiger charge is 2.23. The molecule has 0 radical (unpaired) electrons. The van der Waals surface area contributed by atoms with E-state index in [4.69, 9.17) is 5.73 Å². The quantitative estimate of drug-likeness (QED) is 0.763. The van der Waals surface area contributed by atoms with E-state index in [1.807, 2.05) is 4.90 Å². The maximum atomic E-state index is 14.1. The lowest BCUT2D eigenvalue weighted by Crippen LogP contribution is -2.42. The van der Waals surface area contributed by atoms with Crippen molar-refractivity contribution in [3.63, 3.8) is 0 Å². The van der Waals surface area contributed by atoms with Gasteiger partial charge in [0.2, 0.25) is 5.95 Å². The van der Waals surface area contributed by atoms with Crippen LogP contribution in [0.4, 0.5) is 14.7 Å². The molecule has 0 aliphatic carbocycles. The highest BCUT2D eigenvalue weighted by atomic mass is 32.1. The molecule has 0 spiro atoms. The van der Waals surface area contributed by atoms with Gasteiger partial charge in [-0.3, -0.25) is 9.36 Å². The van der Waals surface area contributed by atoms with Crippen LogP contribution in [0.25, 0.3) is 10.2 Å². The van der Waals surface area contributed by atoms with E-state index < -0.39 is 11.6 Å². The first-order valence-corrected chi connectivity index (χ1v) is 9.34. The summed E-state index contributed by atoms with van der Waals surface area (Å²) < 4.78 is 30.1. The average molecular weight is 376 g/mol. The number of thiophene rings is 1. The molecule has 0 atom stereocenters. The van der Waals surface area contributed by atoms with E-state index in [-0.39, 0.29) is 23.7 Å². The largest absolute Gasteiger partial charge is 0.342 e. The van der Waals surface area contributed by atoms with Gasteiger partial charge in [-0.05, 0) is 36.4 Å². The summed E-state index contributed by atoms with van der Waals surface area (Å²) in [5, 5.41) is 1.79. The molecule has 3 heterocycles. The molecule has 1 aromatic carbocycles. The average Bonchev–Trinajstić information content (AvgIpc) is 3.09. The van der Waals surface area contributed by atoms with Gasteiger partial charge in [0.15, 0.2) is 0 Å². The van der Waals surface area contributed by atoms with E-state index in [0.717, 1.165) is 12.8 Å². The fourth-order valence-electron chi connectivity index (χ4n) is 3.26. The molecule has 3 aromatic rings. The SMILES string of the molecule is NC1CCN(c2nc3ccsc3c(=O)n2Cc2c(F)cccc2F)CC1. The number of piperidine rings is 1. The van der Waals surface area contributed by atoms with Gasteiger partial charge in [0.1, 0.15) is 16.3 Å². The zero-order valence-electron chi connectivity index (χ0n) is 14.0. The van der Waals surface area contributed by atoms with E-state index in [2.05, 4.69) is 4.98 Å². The Morgan fingerprint density at radius 1 is 1.19 bits per heavy atom. The lowest BCUT2D eigenvalue weighted by Gasteiger charge is -2.32. The number of hydrogen-bond acceptors (Lipinski definition) is 5. The van der Waals surface area contributed by atoms with E-state index in [0.29, 0.717) is 29.3 Å². The summed E-state index contributed by atoms with van der Waals surface area (Å²) in [6.45, 7) is 1.11. The predicted octanol–water partition coefficient (Wildman–Crippen LogP) is 2.71. The standard InChI is InChI=1S/C18H18F2N4OS/c19-13-2-1-3-14(20)12(13)10-24-17(25)16-15(6-9-26-16)22-18(24)23-7-4-11(21)5-8-23/h1-3,6,9,11H,4-5,7-8,10,21H2. The molecular weight excluding hydrogens is 358 g/mol. The highest BCUT2D eigenvalue weighted by molar-refractivity contribution is 7.17. The molecule has 4 rings (SSSR count). The van der Waals surface area contributed by atoms with Crippen LogP contribution < -0.4 is 16.2 Å². The van der Waals surface area contributed by atoms with E-state index in [1.165, 1.54) is 34.1 Å². The molecule has 136 valence electrons. The Morgan fingerprint density at radius 2 is 1.88 bits per heavy atom. The number of benzene rings is 1. The number of hydrogen-bond donors (Lipinski definition) is 1. The number of halogens is 2. The molecule has 2 N–H and O–H groups in total. The van der Waals surface area contributed by atoms with Crippen molar-refractivity contribution in [2.75, 3.05) is 18.0 Å². The Hall–Kier alpha value is -2.32. The van der Waals surface area contributed by atoms with Gasteiger partial charge < -0.3 is 10.6 Å². The lowest BCUT2D eigenvalue weighted by molar-refractivity contribution is 0.485. The second-order valence-electron chi connectivity index (χ2n) is 6.46. The first-order valence-electron chi connectivity index (χ1n) is 8.46. The summed E-state index contributed by atoms with van der Waals surface area (Å²) in [4.78, 5) is 19.6. The van der Waals surface area contributed by atoms with Crippen LogP contribution in [-0.2, 0) is 6.54 Å². The summed E-state index contributed by atoms with van der Waals surface area (Å²) >= 11 is 1.28. The summed E-state index contributed by atoms with van der Waals surface area (Å²) in [6.07, 6.45) is 1.57. The molecule has 1 aliphatic rings. The molecule has 0 bridgehead atoms. The van der Waals surface area contributed by atoms with Crippen LogP contribution in [0.2, 0.25) is 0 Å². The Labute approximate surface area is 152 Å². The maximum Gasteiger partial charge on any atom is 0.273 e. The topological polar surface area (TPSA) is 64.2 Å². The Morgan fingerprint density at radius 3 is 2.58 bits per heavy atom. The Bertz CT molecular complexity index is 988. The molecule has 0 unspecified atom stereocenters. The number of rotatable bonds is 3. The maximum absolute atomic E-state index is 14.1. The smallest absolute Gasteiger partial charge is 0.273 e. The van der Waals surface area contributed by atoms with Gasteiger partial charge in [0.05, 0.1) is 12.1 Å². The molecule has 1 fully saturated rings. The van der Waals surface area contributed by atoms with Crippen LogP contribution in [0.15, 0.2) is 34.4 Å². The normalized spacial score (nSPS) is 15.7. The lowest BCUT2D eigenvalue weighted by atomic mass is 10.1. The van der Waals surface area contributed by atoms with Crippen molar-refractivity contribution in [3.8, 4) is 0 Å². The van der Waals surface area contributed by atoms with Crippen LogP contribution in [0, 0.1) is 11.6 Å². The fourth-order valence-corrected chi connectivity index (χ4v) is 4.04. The summed E-state index contributed by atoms with van der Waals surface area (Å²) in [5.41, 5.74) is 6.16. The zero-order chi connectivity index (χ0) is 18.3. The number of nitrogens with zero attached hydrogens (tertiary/aromatic N) is 3. The molecule has 0 saturated carbocycles. The van der Waals surface area contributed by atoms with Crippen molar-refractivity contribution in [1.82, 2.24) is 9.55 Å². The molecule has 5 nitrogen and oxygen atoms in total. The van der Waals surface area contributed by atoms with Crippen LogP contribution in [-0.4, -0.2) is 28.7 Å². The van der Waals surface area contributed by atoms with E-state index >= 15 is 0 Å². The Kier molecular flexibility index (Phi) is 4.46. The number of anilines is 1. The van der Waals surface area contributed by atoms with Crippen LogP contribution >= 0.6 is 11.3 Å². The second-order valence-corrected chi connectivity index (χ2v) is 7.38. The van der Waals surface area contributed by atoms with Crippen molar-refractivity contribution in [3.05, 3.63) is 57.2 Å². The van der Waals surface area contributed by atoms with Crippen molar-refractivity contribution in [2.45, 2.75) is 25.4 Å². The molecule has 2 aromatic heterocycles. The number of fused-ring (bicyclic) bond motifs is 1. The molecule has 0 amide bonds. The van der Waals surface area contributed by atoms with Crippen LogP contribution in [0.5, 0.6) is 0 Å². The third kappa shape index (κ3) is 2.99. The number of aromatic nitrogens is 2. The van der Waals surface area contributed by atoms with Crippen molar-refractivity contribution >= 4 is 27.5 Å². The van der Waals surface area contributed by atoms with Gasteiger partial charge in [-0.2, -0.15) is 0 Å². The first kappa shape index (κ1) is 17.1. The monoisotopic (exact) mass is 376 g/mol. The molecule has 26 heavy (non-hydrogen) atoms. The predicted molar refractivity (Wildman–Crippen MR) is 98.8 cm³/mol. The van der Waals surface area contributed by atoms with Crippen molar-refractivity contribution in [2.24, 2.45) is 5.73 Å². The van der Waals surface area contributed by atoms with Gasteiger partial charge >= 0.3 is 0 Å². The summed E-state index contributed by atoms with van der Waals surface area (Å²) in [7, 11) is 0. The van der Waals surface area contributed by atoms with E-state index in [9.17, 15) is 13.6 Å². The highest BCUT2D eigenvalue weighted by Crippen LogP contribution is 2.23. The van der Waals surface area contributed by atoms with Crippen LogP contribution in [0.3, 0.4) is 0 Å². The second kappa shape index (κ2) is 6.77. The minimum atomic E-state index is -0.671. The minimum absolute atomic E-state index is 0.125. The van der Waals surface area contributed by atoms with Gasteiger partial charge in [-0.25, -0.2) is 13.8 Å². The van der Waals surface area contributed by atoms with Crippen molar-refractivity contribution in [1.29, 1.82) is 0 Å². The van der Waals surface area contributed by atoms with Gasteiger partial charge in [-0.15, -0.1) is 11.3 Å². The van der Waals surface area contributed by atoms with Crippen LogP contribution in [0.1, 0.15) is 18.4 Å². The molecule has 1 saturated heterocycles. The fraction of sp³-hybridized carbons (Fsp3) is 0.333. The number of nitrogens with two attached hydrogens (primary N) is 1. The molecule has 8 heteroatoms. The third-order valence-electron chi connectivity index (χ3n) is 4.75. The van der Waals surface area contributed by atoms with Gasteiger partial charge in [-0.1, -0.05) is 6.07 Å². The van der Waals surface area contributed by atoms with E-state index in [1.54, 1.807) is 11.4 Å². The first-order chi connectivity index (χ1) is 12.5. The minimum Gasteiger partial charge on any atom is -0.342 e. The van der Waals surface area contributed by atoms with Gasteiger partial charge in [0, 0.05) is 24.7 Å². The summed E-state index contributed by atoms with van der Waals surface area (Å²) in [6, 6.07) is 5.61. The van der Waals surface area contributed by atoms with Gasteiger partial charge in [0.25, 0.3) is 5.56 Å². The van der Waals surface area contributed by atoms with Crippen molar-refractivity contribution < 1.29 is 8.78 Å².